The van der Waals surface area contributed by atoms with E-state index >= 15 is 0 Å². The van der Waals surface area contributed by atoms with Crippen molar-refractivity contribution < 1.29 is 0 Å². The molecule has 1 heteroatoms. The molecule has 2 saturated carbocycles. The standard InChI is InChI=1S/C8H13Br/c1-8-3-2-6(5-8)4-7(8)9/h6-7H,2-5H2,1H3/t6-,7-,8-/m1/s1. The van der Waals surface area contributed by atoms with Crippen LogP contribution in [0.15, 0.2) is 0 Å². The average molecular weight is 189 g/mol. The second-order valence-electron chi connectivity index (χ2n) is 3.97. The van der Waals surface area contributed by atoms with Crippen LogP contribution < -0.4 is 0 Å². The van der Waals surface area contributed by atoms with Crippen molar-refractivity contribution in [1.82, 2.24) is 0 Å². The molecule has 0 nitrogen and oxygen atoms in total. The highest BCUT2D eigenvalue weighted by Gasteiger charge is 2.47. The third-order valence-corrected chi connectivity index (χ3v) is 4.65. The van der Waals surface area contributed by atoms with Crippen LogP contribution in [-0.4, -0.2) is 4.83 Å². The average Bonchev–Trinajstić information content (AvgIpc) is 2.22. The lowest BCUT2D eigenvalue weighted by molar-refractivity contribution is 0.349. The van der Waals surface area contributed by atoms with Gasteiger partial charge in [0, 0.05) is 4.83 Å². The van der Waals surface area contributed by atoms with Gasteiger partial charge in [-0.2, -0.15) is 0 Å². The van der Waals surface area contributed by atoms with Crippen LogP contribution >= 0.6 is 15.9 Å². The van der Waals surface area contributed by atoms with Crippen molar-refractivity contribution in [2.75, 3.05) is 0 Å². The summed E-state index contributed by atoms with van der Waals surface area (Å²) in [5, 5.41) is 0. The predicted molar refractivity (Wildman–Crippen MR) is 42.8 cm³/mol. The van der Waals surface area contributed by atoms with E-state index in [1.807, 2.05) is 0 Å². The van der Waals surface area contributed by atoms with E-state index in [-0.39, 0.29) is 0 Å². The van der Waals surface area contributed by atoms with E-state index in [2.05, 4.69) is 22.9 Å². The van der Waals surface area contributed by atoms with Gasteiger partial charge in [-0.25, -0.2) is 0 Å². The molecule has 0 heterocycles. The molecule has 0 N–H and O–H groups in total. The Morgan fingerprint density at radius 3 is 2.56 bits per heavy atom. The highest BCUT2D eigenvalue weighted by atomic mass is 79.9. The first kappa shape index (κ1) is 6.21. The van der Waals surface area contributed by atoms with Crippen molar-refractivity contribution in [1.29, 1.82) is 0 Å². The molecule has 0 amide bonds. The van der Waals surface area contributed by atoms with Crippen LogP contribution in [0.3, 0.4) is 0 Å². The van der Waals surface area contributed by atoms with Crippen LogP contribution in [0.1, 0.15) is 32.6 Å². The van der Waals surface area contributed by atoms with Crippen LogP contribution in [0.4, 0.5) is 0 Å². The van der Waals surface area contributed by atoms with E-state index < -0.39 is 0 Å². The summed E-state index contributed by atoms with van der Waals surface area (Å²) >= 11 is 3.75. The van der Waals surface area contributed by atoms with Gasteiger partial charge in [0.15, 0.2) is 0 Å². The van der Waals surface area contributed by atoms with Crippen LogP contribution in [0.2, 0.25) is 0 Å². The molecule has 0 spiro atoms. The van der Waals surface area contributed by atoms with Crippen molar-refractivity contribution in [2.45, 2.75) is 37.4 Å². The highest BCUT2D eigenvalue weighted by Crippen LogP contribution is 2.56. The molecule has 2 rings (SSSR count). The van der Waals surface area contributed by atoms with Gasteiger partial charge in [-0.05, 0) is 37.0 Å². The fraction of sp³-hybridized carbons (Fsp3) is 1.00. The maximum absolute atomic E-state index is 3.75. The van der Waals surface area contributed by atoms with Crippen LogP contribution in [-0.2, 0) is 0 Å². The van der Waals surface area contributed by atoms with Gasteiger partial charge in [0.1, 0.15) is 0 Å². The number of halogens is 1. The molecule has 3 atom stereocenters. The quantitative estimate of drug-likeness (QED) is 0.514. The Balaban J connectivity index is 2.22. The van der Waals surface area contributed by atoms with Crippen molar-refractivity contribution in [2.24, 2.45) is 11.3 Å². The van der Waals surface area contributed by atoms with Crippen molar-refractivity contribution in [3.8, 4) is 0 Å². The van der Waals surface area contributed by atoms with Gasteiger partial charge in [0.25, 0.3) is 0 Å². The number of hydrogen-bond acceptors (Lipinski definition) is 0. The lowest BCUT2D eigenvalue weighted by atomic mass is 9.87. The Morgan fingerprint density at radius 1 is 1.56 bits per heavy atom. The van der Waals surface area contributed by atoms with Gasteiger partial charge in [-0.3, -0.25) is 0 Å². The number of hydrogen-bond donors (Lipinski definition) is 0. The van der Waals surface area contributed by atoms with E-state index in [4.69, 9.17) is 0 Å². The molecule has 0 aromatic carbocycles. The molecule has 2 aliphatic rings. The molecule has 2 bridgehead atoms. The first-order valence-corrected chi connectivity index (χ1v) is 4.76. The zero-order chi connectivity index (χ0) is 6.48. The van der Waals surface area contributed by atoms with Gasteiger partial charge in [-0.15, -0.1) is 0 Å². The third-order valence-electron chi connectivity index (χ3n) is 3.18. The van der Waals surface area contributed by atoms with E-state index in [0.717, 1.165) is 10.7 Å². The maximum atomic E-state index is 3.75. The summed E-state index contributed by atoms with van der Waals surface area (Å²) < 4.78 is 0. The summed E-state index contributed by atoms with van der Waals surface area (Å²) in [6, 6.07) is 0. The molecular formula is C8H13Br. The molecule has 0 aliphatic heterocycles. The molecule has 2 fully saturated rings. The summed E-state index contributed by atoms with van der Waals surface area (Å²) in [7, 11) is 0. The lowest BCUT2D eigenvalue weighted by Crippen LogP contribution is -2.20. The number of alkyl halides is 1. The molecule has 9 heavy (non-hydrogen) atoms. The molecule has 0 aromatic rings. The van der Waals surface area contributed by atoms with Crippen molar-refractivity contribution in [3.05, 3.63) is 0 Å². The topological polar surface area (TPSA) is 0 Å². The van der Waals surface area contributed by atoms with Crippen LogP contribution in [0, 0.1) is 11.3 Å². The van der Waals surface area contributed by atoms with E-state index in [9.17, 15) is 0 Å². The van der Waals surface area contributed by atoms with Crippen molar-refractivity contribution in [3.63, 3.8) is 0 Å². The smallest absolute Gasteiger partial charge is 0.0202 e. The van der Waals surface area contributed by atoms with E-state index in [0.29, 0.717) is 5.41 Å². The minimum absolute atomic E-state index is 0.685. The van der Waals surface area contributed by atoms with Gasteiger partial charge in [0.2, 0.25) is 0 Å². The largest absolute Gasteiger partial charge is 0.0885 e. The normalized spacial score (nSPS) is 56.7. The molecular weight excluding hydrogens is 176 g/mol. The summed E-state index contributed by atoms with van der Waals surface area (Å²) in [6.07, 6.45) is 5.89. The minimum Gasteiger partial charge on any atom is -0.0885 e. The first-order chi connectivity index (χ1) is 4.21. The zero-order valence-corrected chi connectivity index (χ0v) is 7.45. The first-order valence-electron chi connectivity index (χ1n) is 3.85. The summed E-state index contributed by atoms with van der Waals surface area (Å²) in [6.45, 7) is 2.43. The molecule has 0 unspecified atom stereocenters. The second kappa shape index (κ2) is 1.75. The molecule has 52 valence electrons. The van der Waals surface area contributed by atoms with Crippen LogP contribution in [0.25, 0.3) is 0 Å². The Labute approximate surface area is 65.1 Å². The second-order valence-corrected chi connectivity index (χ2v) is 5.07. The number of fused-ring (bicyclic) bond motifs is 2. The predicted octanol–water partition coefficient (Wildman–Crippen LogP) is 2.96. The molecule has 0 radical (unpaired) electrons. The Bertz CT molecular complexity index is 133. The highest BCUT2D eigenvalue weighted by molar-refractivity contribution is 9.09. The SMILES string of the molecule is C[C@]12CC[C@H](C[C@H]1Br)C2. The molecule has 0 saturated heterocycles. The Morgan fingerprint density at radius 2 is 2.33 bits per heavy atom. The lowest BCUT2D eigenvalue weighted by Gasteiger charge is -2.26. The summed E-state index contributed by atoms with van der Waals surface area (Å²) in [5.74, 6) is 1.07. The number of rotatable bonds is 0. The van der Waals surface area contributed by atoms with Gasteiger partial charge in [-0.1, -0.05) is 22.9 Å². The summed E-state index contributed by atoms with van der Waals surface area (Å²) in [4.78, 5) is 0.837. The van der Waals surface area contributed by atoms with Gasteiger partial charge in [0.05, 0.1) is 0 Å². The third kappa shape index (κ3) is 0.772. The van der Waals surface area contributed by atoms with E-state index in [1.165, 1.54) is 25.7 Å². The maximum Gasteiger partial charge on any atom is 0.0202 e. The molecule has 2 aliphatic carbocycles. The monoisotopic (exact) mass is 188 g/mol. The Kier molecular flexibility index (Phi) is 1.20. The fourth-order valence-electron chi connectivity index (χ4n) is 2.46. The van der Waals surface area contributed by atoms with E-state index in [1.54, 1.807) is 0 Å². The molecule has 0 aromatic heterocycles. The van der Waals surface area contributed by atoms with Crippen LogP contribution in [0.5, 0.6) is 0 Å². The Hall–Kier alpha value is 0.480. The van der Waals surface area contributed by atoms with Gasteiger partial charge < -0.3 is 0 Å². The van der Waals surface area contributed by atoms with Crippen molar-refractivity contribution >= 4 is 15.9 Å². The zero-order valence-electron chi connectivity index (χ0n) is 5.86. The summed E-state index contributed by atoms with van der Waals surface area (Å²) in [5.41, 5.74) is 0.685. The van der Waals surface area contributed by atoms with Gasteiger partial charge >= 0.3 is 0 Å². The fourth-order valence-corrected chi connectivity index (χ4v) is 3.40. The minimum atomic E-state index is 0.685.